The van der Waals surface area contributed by atoms with Crippen molar-refractivity contribution in [1.29, 1.82) is 0 Å². The number of halogens is 2. The number of rotatable bonds is 6. The van der Waals surface area contributed by atoms with Gasteiger partial charge in [0.1, 0.15) is 0 Å². The van der Waals surface area contributed by atoms with Crippen LogP contribution in [0.5, 0.6) is 0 Å². The summed E-state index contributed by atoms with van der Waals surface area (Å²) in [6.07, 6.45) is 11.8. The van der Waals surface area contributed by atoms with E-state index >= 15 is 0 Å². The fourth-order valence-corrected chi connectivity index (χ4v) is 16.4. The van der Waals surface area contributed by atoms with Gasteiger partial charge in [-0.1, -0.05) is 0 Å². The first-order valence-electron chi connectivity index (χ1n) is 17.4. The summed E-state index contributed by atoms with van der Waals surface area (Å²) >= 11 is -2.50. The minimum absolute atomic E-state index is 0. The molecule has 0 saturated heterocycles. The van der Waals surface area contributed by atoms with Gasteiger partial charge in [0.05, 0.1) is 0 Å². The molecule has 0 saturated carbocycles. The number of aryl methyl sites for hydroxylation is 2. The molecule has 48 heavy (non-hydrogen) atoms. The van der Waals surface area contributed by atoms with Crippen LogP contribution in [0.2, 0.25) is 0 Å². The van der Waals surface area contributed by atoms with Gasteiger partial charge in [0.25, 0.3) is 0 Å². The molecule has 250 valence electrons. The monoisotopic (exact) mass is 752 g/mol. The van der Waals surface area contributed by atoms with Gasteiger partial charge in [0.15, 0.2) is 0 Å². The molecule has 0 fully saturated rings. The van der Waals surface area contributed by atoms with Gasteiger partial charge in [-0.3, -0.25) is 0 Å². The Morgan fingerprint density at radius 3 is 1.75 bits per heavy atom. The van der Waals surface area contributed by atoms with Crippen LogP contribution in [-0.4, -0.2) is 3.21 Å². The van der Waals surface area contributed by atoms with Crippen molar-refractivity contribution in [3.05, 3.63) is 122 Å². The molecule has 0 atom stereocenters. The Bertz CT molecular complexity index is 1930. The van der Waals surface area contributed by atoms with Crippen molar-refractivity contribution in [2.24, 2.45) is 0 Å². The van der Waals surface area contributed by atoms with Gasteiger partial charge in [-0.25, -0.2) is 0 Å². The number of fused-ring (bicyclic) bond motifs is 3. The third-order valence-corrected chi connectivity index (χ3v) is 18.9. The predicted molar refractivity (Wildman–Crippen MR) is 199 cm³/mol. The second-order valence-electron chi connectivity index (χ2n) is 15.6. The first-order chi connectivity index (χ1) is 21.8. The van der Waals surface area contributed by atoms with Gasteiger partial charge < -0.3 is 24.8 Å². The zero-order valence-corrected chi connectivity index (χ0v) is 34.6. The summed E-state index contributed by atoms with van der Waals surface area (Å²) in [7, 11) is 0. The largest absolute Gasteiger partial charge is 1.00 e. The predicted octanol–water partition coefficient (Wildman–Crippen LogP) is 5.89. The molecule has 2 aliphatic carbocycles. The second-order valence-corrected chi connectivity index (χ2v) is 22.0. The van der Waals surface area contributed by atoms with Gasteiger partial charge in [0.2, 0.25) is 0 Å². The number of hydrogen-bond donors (Lipinski definition) is 0. The fraction of sp³-hybridized carbons (Fsp3) is 0.356. The van der Waals surface area contributed by atoms with Crippen LogP contribution in [0.15, 0.2) is 88.2 Å². The van der Waals surface area contributed by atoms with Crippen LogP contribution in [0.25, 0.3) is 33.4 Å². The molecule has 6 rings (SSSR count). The molecule has 3 heteroatoms. The molecular formula is C45H52Cl2Zr. The van der Waals surface area contributed by atoms with Gasteiger partial charge in [-0.15, -0.1) is 0 Å². The summed E-state index contributed by atoms with van der Waals surface area (Å²) < 4.78 is 5.35. The Kier molecular flexibility index (Phi) is 11.9. The molecule has 0 bridgehead atoms. The van der Waals surface area contributed by atoms with Crippen molar-refractivity contribution in [1.82, 2.24) is 0 Å². The maximum atomic E-state index is 2.63. The molecule has 4 aromatic carbocycles. The third kappa shape index (κ3) is 7.00. The van der Waals surface area contributed by atoms with E-state index in [-0.39, 0.29) is 35.6 Å². The van der Waals surface area contributed by atoms with Crippen LogP contribution in [0.1, 0.15) is 108 Å². The zero-order chi connectivity index (χ0) is 33.0. The number of allylic oxidation sites excluding steroid dienone is 4. The van der Waals surface area contributed by atoms with Crippen molar-refractivity contribution < 1.29 is 46.1 Å². The SMILES string of the molecule is CC[C](CC)=[Zr+2]([C]1=CC=CC1)[c]1c2c(cc(C(C)(C)C)c1-c1ccccc1C)-c1cc(C(C)(C)C)c(-c3ccccc3C)cc1C2.[Cl-].[Cl-]. The molecule has 0 aromatic heterocycles. The minimum atomic E-state index is -2.50. The van der Waals surface area contributed by atoms with Crippen molar-refractivity contribution >= 4 is 6.48 Å². The Morgan fingerprint density at radius 1 is 0.667 bits per heavy atom. The molecular weight excluding hydrogens is 703 g/mol. The smallest absolute Gasteiger partial charge is 1.00 e. The van der Waals surface area contributed by atoms with E-state index in [0.717, 1.165) is 12.8 Å². The Hall–Kier alpha value is -2.31. The number of benzene rings is 4. The van der Waals surface area contributed by atoms with E-state index < -0.39 is 21.3 Å². The quantitative estimate of drug-likeness (QED) is 0.203. The van der Waals surface area contributed by atoms with Crippen LogP contribution in [-0.2, 0) is 38.5 Å². The van der Waals surface area contributed by atoms with Crippen LogP contribution in [0, 0.1) is 13.8 Å². The summed E-state index contributed by atoms with van der Waals surface area (Å²) in [6.45, 7) is 23.9. The van der Waals surface area contributed by atoms with Crippen molar-refractivity contribution in [2.45, 2.75) is 106 Å². The molecule has 0 radical (unpaired) electrons. The van der Waals surface area contributed by atoms with Crippen LogP contribution < -0.4 is 28.1 Å². The Labute approximate surface area is 311 Å². The van der Waals surface area contributed by atoms with Crippen molar-refractivity contribution in [3.8, 4) is 33.4 Å². The molecule has 0 aliphatic heterocycles. The minimum Gasteiger partial charge on any atom is -1.00 e. The molecule has 0 nitrogen and oxygen atoms in total. The maximum Gasteiger partial charge on any atom is -1.00 e. The molecule has 0 spiro atoms. The summed E-state index contributed by atoms with van der Waals surface area (Å²) in [5, 5.41) is 0. The average molecular weight is 755 g/mol. The van der Waals surface area contributed by atoms with Crippen molar-refractivity contribution in [2.75, 3.05) is 0 Å². The van der Waals surface area contributed by atoms with Gasteiger partial charge >= 0.3 is 288 Å². The van der Waals surface area contributed by atoms with E-state index in [1.54, 1.807) is 17.7 Å². The summed E-state index contributed by atoms with van der Waals surface area (Å²) in [5.41, 5.74) is 17.6. The topological polar surface area (TPSA) is 0 Å². The molecule has 0 amide bonds. The maximum absolute atomic E-state index is 2.63. The Balaban J connectivity index is 0.00000260. The van der Waals surface area contributed by atoms with E-state index in [9.17, 15) is 0 Å². The number of hydrogen-bond acceptors (Lipinski definition) is 0. The first kappa shape index (κ1) is 38.5. The van der Waals surface area contributed by atoms with Crippen molar-refractivity contribution in [3.63, 3.8) is 0 Å². The molecule has 2 aliphatic rings. The van der Waals surface area contributed by atoms with E-state index in [0.29, 0.717) is 0 Å². The molecule has 4 aromatic rings. The normalized spacial score (nSPS) is 13.1. The third-order valence-electron chi connectivity index (χ3n) is 10.4. The van der Waals surface area contributed by atoms with Gasteiger partial charge in [-0.05, 0) is 0 Å². The Morgan fingerprint density at radius 2 is 1.23 bits per heavy atom. The summed E-state index contributed by atoms with van der Waals surface area (Å²) in [6, 6.07) is 26.0. The fourth-order valence-electron chi connectivity index (χ4n) is 7.90. The van der Waals surface area contributed by atoms with Crippen LogP contribution in [0.4, 0.5) is 0 Å². The zero-order valence-electron chi connectivity index (χ0n) is 30.7. The standard InChI is InChI=1S/C35H37.C5H5.C5H10.2ClH.Zr/c1-22-13-9-11-15-26(22)30-18-24-17-25-19-31(27-16-12-10-14-23(27)2)33(35(6,7)8)21-29(25)28(24)20-32(30)34(3,4)5;1-2-4-5-3-1;1-3-5-4-2;;;/h9-16,18,20-21H,17H2,1-8H3;1-3H,4H2;3-4H2,1-2H3;2*1H;/q;;;;;+2/p-2. The summed E-state index contributed by atoms with van der Waals surface area (Å²) in [5.74, 6) is 0. The van der Waals surface area contributed by atoms with Crippen LogP contribution in [0.3, 0.4) is 0 Å². The molecule has 0 heterocycles. The van der Waals surface area contributed by atoms with Gasteiger partial charge in [-0.2, -0.15) is 0 Å². The molecule has 0 unspecified atom stereocenters. The van der Waals surface area contributed by atoms with E-state index in [2.05, 4.69) is 154 Å². The van der Waals surface area contributed by atoms with Gasteiger partial charge in [0, 0.05) is 0 Å². The summed E-state index contributed by atoms with van der Waals surface area (Å²) in [4.78, 5) is 0. The van der Waals surface area contributed by atoms with E-state index in [1.165, 1.54) is 68.5 Å². The molecule has 0 N–H and O–H groups in total. The van der Waals surface area contributed by atoms with E-state index in [1.807, 2.05) is 3.21 Å². The van der Waals surface area contributed by atoms with Crippen LogP contribution >= 0.6 is 0 Å². The average Bonchev–Trinajstić information content (AvgIpc) is 3.66. The first-order valence-corrected chi connectivity index (χ1v) is 21.1. The van der Waals surface area contributed by atoms with E-state index in [4.69, 9.17) is 0 Å². The second kappa shape index (κ2) is 14.9.